The quantitative estimate of drug-likeness (QED) is 0.426. The Bertz CT molecular complexity index is 1070. The Morgan fingerprint density at radius 3 is 2.59 bits per heavy atom. The number of thioether (sulfide) groups is 1. The van der Waals surface area contributed by atoms with Crippen LogP contribution in [-0.4, -0.2) is 28.9 Å². The van der Waals surface area contributed by atoms with E-state index < -0.39 is 0 Å². The lowest BCUT2D eigenvalue weighted by molar-refractivity contribution is 0.551. The van der Waals surface area contributed by atoms with Crippen LogP contribution in [0.3, 0.4) is 0 Å². The molecular weight excluding hydrogens is 382 g/mol. The minimum absolute atomic E-state index is 0.135. The van der Waals surface area contributed by atoms with Crippen LogP contribution in [0, 0.1) is 0 Å². The molecule has 6 nitrogen and oxygen atoms in total. The molecule has 2 N–H and O–H groups in total. The molecule has 7 heteroatoms. The molecule has 0 spiro atoms. The van der Waals surface area contributed by atoms with Crippen molar-refractivity contribution < 1.29 is 4.42 Å². The summed E-state index contributed by atoms with van der Waals surface area (Å²) in [5.41, 5.74) is 8.84. The molecular formula is C22H21N5OS. The van der Waals surface area contributed by atoms with Crippen LogP contribution in [0.25, 0.3) is 22.7 Å². The highest BCUT2D eigenvalue weighted by Crippen LogP contribution is 2.27. The van der Waals surface area contributed by atoms with E-state index in [0.29, 0.717) is 5.89 Å². The van der Waals surface area contributed by atoms with Crippen molar-refractivity contribution in [2.24, 2.45) is 15.7 Å². The third-order valence-electron chi connectivity index (χ3n) is 3.94. The van der Waals surface area contributed by atoms with Crippen LogP contribution in [0.4, 0.5) is 0 Å². The zero-order valence-corrected chi connectivity index (χ0v) is 16.9. The van der Waals surface area contributed by atoms with Crippen molar-refractivity contribution in [1.82, 2.24) is 10.2 Å². The van der Waals surface area contributed by atoms with Gasteiger partial charge in [-0.3, -0.25) is 0 Å². The predicted octanol–water partition coefficient (Wildman–Crippen LogP) is 4.92. The van der Waals surface area contributed by atoms with Crippen LogP contribution in [-0.2, 0) is 0 Å². The van der Waals surface area contributed by atoms with Crippen LogP contribution >= 0.6 is 11.8 Å². The molecule has 3 aromatic rings. The average molecular weight is 404 g/mol. The van der Waals surface area contributed by atoms with Gasteiger partial charge in [0.25, 0.3) is 5.89 Å². The third-order valence-corrected chi connectivity index (χ3v) is 4.90. The molecule has 1 heterocycles. The summed E-state index contributed by atoms with van der Waals surface area (Å²) in [6.45, 7) is 9.76. The Morgan fingerprint density at radius 1 is 1.14 bits per heavy atom. The molecule has 2 aromatic carbocycles. The van der Waals surface area contributed by atoms with Crippen LogP contribution in [0.1, 0.15) is 18.4 Å². The fourth-order valence-corrected chi connectivity index (χ4v) is 3.38. The van der Waals surface area contributed by atoms with E-state index in [1.807, 2.05) is 48.5 Å². The number of hydrogen-bond acceptors (Lipinski definition) is 7. The largest absolute Gasteiger partial charge is 0.415 e. The highest BCUT2D eigenvalue weighted by atomic mass is 32.2. The second-order valence-electron chi connectivity index (χ2n) is 5.89. The summed E-state index contributed by atoms with van der Waals surface area (Å²) in [5, 5.41) is 8.03. The first-order valence-electron chi connectivity index (χ1n) is 8.95. The summed E-state index contributed by atoms with van der Waals surface area (Å²) < 4.78 is 5.66. The lowest BCUT2D eigenvalue weighted by Gasteiger charge is -2.07. The maximum Gasteiger partial charge on any atom is 0.267 e. The van der Waals surface area contributed by atoms with Gasteiger partial charge in [0, 0.05) is 16.7 Å². The average Bonchev–Trinajstić information content (AvgIpc) is 3.25. The fourth-order valence-electron chi connectivity index (χ4n) is 2.54. The summed E-state index contributed by atoms with van der Waals surface area (Å²) in [4.78, 5) is 9.39. The van der Waals surface area contributed by atoms with Gasteiger partial charge in [0.1, 0.15) is 5.70 Å². The Labute approximate surface area is 174 Å². The first-order chi connectivity index (χ1) is 14.1. The van der Waals surface area contributed by atoms with Crippen molar-refractivity contribution in [3.05, 3.63) is 78.5 Å². The maximum absolute atomic E-state index is 6.15. The van der Waals surface area contributed by atoms with Crippen molar-refractivity contribution in [3.8, 4) is 11.5 Å². The molecule has 0 radical (unpaired) electrons. The molecule has 0 saturated carbocycles. The molecule has 146 valence electrons. The first-order valence-corrected chi connectivity index (χ1v) is 9.93. The van der Waals surface area contributed by atoms with E-state index in [1.165, 1.54) is 0 Å². The molecule has 0 atom stereocenters. The molecule has 0 fully saturated rings. The molecule has 0 aliphatic carbocycles. The summed E-state index contributed by atoms with van der Waals surface area (Å²) in [5.74, 6) is 1.66. The van der Waals surface area contributed by atoms with Gasteiger partial charge in [-0.2, -0.15) is 0 Å². The van der Waals surface area contributed by atoms with Gasteiger partial charge >= 0.3 is 0 Å². The number of hydrogen-bond donors (Lipinski definition) is 1. The molecule has 0 aliphatic rings. The van der Waals surface area contributed by atoms with Crippen molar-refractivity contribution in [2.75, 3.05) is 5.75 Å². The minimum Gasteiger partial charge on any atom is -0.415 e. The maximum atomic E-state index is 6.15. The minimum atomic E-state index is 0.135. The monoisotopic (exact) mass is 403 g/mol. The Morgan fingerprint density at radius 2 is 1.86 bits per heavy atom. The fraction of sp³-hybridized carbons (Fsp3) is 0.0909. The van der Waals surface area contributed by atoms with E-state index in [0.717, 1.165) is 27.3 Å². The van der Waals surface area contributed by atoms with Gasteiger partial charge in [0.15, 0.2) is 5.82 Å². The van der Waals surface area contributed by atoms with E-state index in [4.69, 9.17) is 10.2 Å². The Balaban J connectivity index is 1.85. The van der Waals surface area contributed by atoms with Gasteiger partial charge in [0.05, 0.1) is 0 Å². The topological polar surface area (TPSA) is 89.7 Å². The van der Waals surface area contributed by atoms with E-state index in [9.17, 15) is 0 Å². The second kappa shape index (κ2) is 9.66. The van der Waals surface area contributed by atoms with Crippen LogP contribution in [0.5, 0.6) is 0 Å². The van der Waals surface area contributed by atoms with Crippen LogP contribution < -0.4 is 5.73 Å². The smallest absolute Gasteiger partial charge is 0.267 e. The zero-order valence-electron chi connectivity index (χ0n) is 16.1. The molecule has 0 unspecified atom stereocenters. The highest BCUT2D eigenvalue weighted by Gasteiger charge is 2.14. The van der Waals surface area contributed by atoms with Crippen LogP contribution in [0.15, 0.2) is 86.3 Å². The number of allylic oxidation sites excluding steroid dienone is 1. The zero-order chi connectivity index (χ0) is 20.6. The number of aromatic nitrogens is 2. The number of nitrogens with two attached hydrogens (primary N) is 1. The van der Waals surface area contributed by atoms with Crippen molar-refractivity contribution in [2.45, 2.75) is 11.8 Å². The summed E-state index contributed by atoms with van der Waals surface area (Å²) in [6.07, 6.45) is 1.61. The molecule has 0 aliphatic heterocycles. The summed E-state index contributed by atoms with van der Waals surface area (Å²) in [7, 11) is 0. The third kappa shape index (κ3) is 4.89. The molecule has 0 saturated heterocycles. The normalized spacial score (nSPS) is 12.0. The Hall–Kier alpha value is -3.45. The number of rotatable bonds is 8. The summed E-state index contributed by atoms with van der Waals surface area (Å²) in [6, 6.07) is 17.5. The molecule has 0 bridgehead atoms. The highest BCUT2D eigenvalue weighted by molar-refractivity contribution is 7.99. The second-order valence-corrected chi connectivity index (χ2v) is 7.19. The SMILES string of the molecule is C=N/C(N=CC(=C)c1ccccc1SCC)=C(/N)c1nnc(-c2ccccc2)o1. The van der Waals surface area contributed by atoms with Crippen molar-refractivity contribution >= 4 is 36.0 Å². The van der Waals surface area contributed by atoms with Crippen molar-refractivity contribution in [1.29, 1.82) is 0 Å². The van der Waals surface area contributed by atoms with Gasteiger partial charge in [-0.05, 0) is 41.8 Å². The van der Waals surface area contributed by atoms with Gasteiger partial charge < -0.3 is 10.2 Å². The first kappa shape index (κ1) is 20.3. The van der Waals surface area contributed by atoms with E-state index in [-0.39, 0.29) is 17.4 Å². The molecule has 1 aromatic heterocycles. The predicted molar refractivity (Wildman–Crippen MR) is 121 cm³/mol. The molecule has 0 amide bonds. The molecule has 3 rings (SSSR count). The lowest BCUT2D eigenvalue weighted by atomic mass is 10.1. The van der Waals surface area contributed by atoms with Gasteiger partial charge in [-0.1, -0.05) is 49.9 Å². The van der Waals surface area contributed by atoms with E-state index >= 15 is 0 Å². The van der Waals surface area contributed by atoms with E-state index in [2.05, 4.69) is 46.5 Å². The Kier molecular flexibility index (Phi) is 6.76. The van der Waals surface area contributed by atoms with Gasteiger partial charge in [-0.15, -0.1) is 22.0 Å². The van der Waals surface area contributed by atoms with E-state index in [1.54, 1.807) is 18.0 Å². The van der Waals surface area contributed by atoms with Gasteiger partial charge in [0.2, 0.25) is 5.89 Å². The summed E-state index contributed by atoms with van der Waals surface area (Å²) >= 11 is 1.75. The number of nitrogens with zero attached hydrogens (tertiary/aromatic N) is 4. The van der Waals surface area contributed by atoms with Gasteiger partial charge in [-0.25, -0.2) is 9.98 Å². The standard InChI is InChI=1S/C22H21N5OS/c1-4-29-18-13-9-8-12-17(18)15(2)14-25-20(24-3)19(23)22-27-26-21(28-22)16-10-6-5-7-11-16/h5-14H,2-4,23H2,1H3/b20-19-,25-14?. The van der Waals surface area contributed by atoms with Crippen LogP contribution in [0.2, 0.25) is 0 Å². The number of aliphatic imine (C=N–C) groups is 2. The molecule has 29 heavy (non-hydrogen) atoms. The van der Waals surface area contributed by atoms with Crippen molar-refractivity contribution in [3.63, 3.8) is 0 Å². The lowest BCUT2D eigenvalue weighted by Crippen LogP contribution is -2.00. The number of benzene rings is 2.